The van der Waals surface area contributed by atoms with E-state index in [0.29, 0.717) is 24.2 Å². The van der Waals surface area contributed by atoms with Crippen LogP contribution in [0.2, 0.25) is 0 Å². The van der Waals surface area contributed by atoms with E-state index in [2.05, 4.69) is 10.6 Å². The molecule has 22 heavy (non-hydrogen) atoms. The zero-order valence-corrected chi connectivity index (χ0v) is 12.5. The second-order valence-electron chi connectivity index (χ2n) is 5.91. The monoisotopic (exact) mass is 305 g/mol. The van der Waals surface area contributed by atoms with E-state index in [9.17, 15) is 19.7 Å². The molecule has 0 aromatic heterocycles. The van der Waals surface area contributed by atoms with Crippen molar-refractivity contribution in [3.8, 4) is 0 Å². The van der Waals surface area contributed by atoms with Crippen molar-refractivity contribution in [3.63, 3.8) is 0 Å². The Balaban J connectivity index is 1.86. The van der Waals surface area contributed by atoms with Gasteiger partial charge in [-0.05, 0) is 30.2 Å². The third kappa shape index (κ3) is 4.28. The zero-order chi connectivity index (χ0) is 16.3. The molecule has 0 heterocycles. The fourth-order valence-electron chi connectivity index (χ4n) is 2.15. The molecule has 1 saturated carbocycles. The van der Waals surface area contributed by atoms with Crippen molar-refractivity contribution in [2.45, 2.75) is 32.7 Å². The largest absolute Gasteiger partial charge is 0.326 e. The molecule has 7 heteroatoms. The third-order valence-corrected chi connectivity index (χ3v) is 3.39. The van der Waals surface area contributed by atoms with Crippen molar-refractivity contribution >= 4 is 23.2 Å². The SMILES string of the molecule is CC(C)CC(=O)Nc1ccc(NC(=O)[C@H]2C[C@H]2[N+](=O)[O-])cc1. The van der Waals surface area contributed by atoms with Gasteiger partial charge < -0.3 is 10.6 Å². The standard InChI is InChI=1S/C15H19N3O4/c1-9(2)7-14(19)16-10-3-5-11(6-4-10)17-15(20)12-8-13(12)18(21)22/h3-6,9,12-13H,7-8H2,1-2H3,(H,16,19)(H,17,20)/t12-,13+/m0/s1. The van der Waals surface area contributed by atoms with Crippen LogP contribution in [0.1, 0.15) is 26.7 Å². The molecular formula is C15H19N3O4. The number of rotatable bonds is 6. The molecule has 1 aliphatic rings. The fourth-order valence-corrected chi connectivity index (χ4v) is 2.15. The lowest BCUT2D eigenvalue weighted by Gasteiger charge is -2.08. The quantitative estimate of drug-likeness (QED) is 0.621. The van der Waals surface area contributed by atoms with Gasteiger partial charge in [-0.1, -0.05) is 13.8 Å². The van der Waals surface area contributed by atoms with Crippen LogP contribution in [0.4, 0.5) is 11.4 Å². The predicted octanol–water partition coefficient (Wildman–Crippen LogP) is 2.27. The summed E-state index contributed by atoms with van der Waals surface area (Å²) in [6, 6.07) is 5.94. The summed E-state index contributed by atoms with van der Waals surface area (Å²) >= 11 is 0. The Morgan fingerprint density at radius 1 is 1.23 bits per heavy atom. The van der Waals surface area contributed by atoms with Crippen molar-refractivity contribution in [2.75, 3.05) is 10.6 Å². The molecule has 0 aliphatic heterocycles. The maximum absolute atomic E-state index is 11.8. The van der Waals surface area contributed by atoms with Gasteiger partial charge >= 0.3 is 0 Å². The summed E-state index contributed by atoms with van der Waals surface area (Å²) in [5, 5.41) is 16.0. The Morgan fingerprint density at radius 2 is 1.77 bits per heavy atom. The average molecular weight is 305 g/mol. The molecule has 1 aliphatic carbocycles. The summed E-state index contributed by atoms with van der Waals surface area (Å²) in [5.41, 5.74) is 1.21. The van der Waals surface area contributed by atoms with Crippen LogP contribution >= 0.6 is 0 Å². The number of nitrogens with one attached hydrogen (secondary N) is 2. The number of hydrogen-bond acceptors (Lipinski definition) is 4. The minimum absolute atomic E-state index is 0.0569. The fraction of sp³-hybridized carbons (Fsp3) is 0.467. The number of benzene rings is 1. The maximum atomic E-state index is 11.8. The highest BCUT2D eigenvalue weighted by Gasteiger charge is 2.53. The van der Waals surface area contributed by atoms with Gasteiger partial charge in [-0.15, -0.1) is 0 Å². The van der Waals surface area contributed by atoms with E-state index >= 15 is 0 Å². The van der Waals surface area contributed by atoms with Crippen LogP contribution < -0.4 is 10.6 Å². The summed E-state index contributed by atoms with van der Waals surface area (Å²) in [6.07, 6.45) is 0.741. The van der Waals surface area contributed by atoms with Crippen LogP contribution in [-0.2, 0) is 9.59 Å². The number of amides is 2. The highest BCUT2D eigenvalue weighted by molar-refractivity contribution is 5.95. The molecule has 2 N–H and O–H groups in total. The molecule has 1 aromatic rings. The molecule has 7 nitrogen and oxygen atoms in total. The van der Waals surface area contributed by atoms with Gasteiger partial charge in [-0.2, -0.15) is 0 Å². The van der Waals surface area contributed by atoms with Crippen molar-refractivity contribution in [3.05, 3.63) is 34.4 Å². The minimum atomic E-state index is -0.755. The molecule has 2 amide bonds. The van der Waals surface area contributed by atoms with Crippen molar-refractivity contribution < 1.29 is 14.5 Å². The summed E-state index contributed by atoms with van der Waals surface area (Å²) in [5.74, 6) is -0.649. The Bertz CT molecular complexity index is 583. The highest BCUT2D eigenvalue weighted by Crippen LogP contribution is 2.34. The number of carbonyl (C=O) groups excluding carboxylic acids is 2. The molecule has 0 spiro atoms. The van der Waals surface area contributed by atoms with E-state index in [1.165, 1.54) is 0 Å². The van der Waals surface area contributed by atoms with Crippen LogP contribution in [0.25, 0.3) is 0 Å². The molecule has 0 saturated heterocycles. The van der Waals surface area contributed by atoms with Crippen LogP contribution in [0, 0.1) is 22.0 Å². The summed E-state index contributed by atoms with van der Waals surface area (Å²) in [4.78, 5) is 33.5. The van der Waals surface area contributed by atoms with Gasteiger partial charge in [0.05, 0.1) is 0 Å². The Hall–Kier alpha value is -2.44. The number of nitro groups is 1. The lowest BCUT2D eigenvalue weighted by molar-refractivity contribution is -0.497. The summed E-state index contributed by atoms with van der Waals surface area (Å²) in [7, 11) is 0. The van der Waals surface area contributed by atoms with Gasteiger partial charge in [-0.3, -0.25) is 19.7 Å². The molecule has 0 radical (unpaired) electrons. The first-order valence-electron chi connectivity index (χ1n) is 7.21. The van der Waals surface area contributed by atoms with Crippen molar-refractivity contribution in [1.29, 1.82) is 0 Å². The van der Waals surface area contributed by atoms with E-state index in [1.807, 2.05) is 13.8 Å². The van der Waals surface area contributed by atoms with Gasteiger partial charge in [0.2, 0.25) is 17.9 Å². The molecular weight excluding hydrogens is 286 g/mol. The van der Waals surface area contributed by atoms with E-state index < -0.39 is 16.9 Å². The molecule has 2 rings (SSSR count). The molecule has 0 unspecified atom stereocenters. The number of anilines is 2. The van der Waals surface area contributed by atoms with E-state index in [1.54, 1.807) is 24.3 Å². The first-order valence-corrected chi connectivity index (χ1v) is 7.21. The van der Waals surface area contributed by atoms with Crippen LogP contribution in [0.3, 0.4) is 0 Å². The molecule has 0 bridgehead atoms. The molecule has 1 fully saturated rings. The summed E-state index contributed by atoms with van der Waals surface area (Å²) in [6.45, 7) is 3.93. The lowest BCUT2D eigenvalue weighted by atomic mass is 10.1. The zero-order valence-electron chi connectivity index (χ0n) is 12.5. The summed E-state index contributed by atoms with van der Waals surface area (Å²) < 4.78 is 0. The van der Waals surface area contributed by atoms with Gasteiger partial charge in [0.1, 0.15) is 5.92 Å². The highest BCUT2D eigenvalue weighted by atomic mass is 16.6. The molecule has 1 aromatic carbocycles. The Labute approximate surface area is 128 Å². The number of carbonyl (C=O) groups is 2. The second kappa shape index (κ2) is 6.55. The van der Waals surface area contributed by atoms with E-state index in [4.69, 9.17) is 0 Å². The predicted molar refractivity (Wildman–Crippen MR) is 82.0 cm³/mol. The first-order chi connectivity index (χ1) is 10.4. The van der Waals surface area contributed by atoms with Gasteiger partial charge in [0.15, 0.2) is 0 Å². The van der Waals surface area contributed by atoms with Crippen LogP contribution in [-0.4, -0.2) is 22.8 Å². The van der Waals surface area contributed by atoms with Gasteiger partial charge in [0, 0.05) is 29.1 Å². The van der Waals surface area contributed by atoms with Gasteiger partial charge in [0.25, 0.3) is 0 Å². The third-order valence-electron chi connectivity index (χ3n) is 3.39. The van der Waals surface area contributed by atoms with Crippen LogP contribution in [0.5, 0.6) is 0 Å². The lowest BCUT2D eigenvalue weighted by Crippen LogP contribution is -2.18. The average Bonchev–Trinajstić information content (AvgIpc) is 3.20. The minimum Gasteiger partial charge on any atom is -0.326 e. The smallest absolute Gasteiger partial charge is 0.234 e. The Kier molecular flexibility index (Phi) is 4.75. The number of nitrogens with zero attached hydrogens (tertiary/aromatic N) is 1. The maximum Gasteiger partial charge on any atom is 0.234 e. The van der Waals surface area contributed by atoms with Gasteiger partial charge in [-0.25, -0.2) is 0 Å². The van der Waals surface area contributed by atoms with E-state index in [0.717, 1.165) is 0 Å². The van der Waals surface area contributed by atoms with Crippen molar-refractivity contribution in [1.82, 2.24) is 0 Å². The topological polar surface area (TPSA) is 101 Å². The van der Waals surface area contributed by atoms with Crippen molar-refractivity contribution in [2.24, 2.45) is 11.8 Å². The first kappa shape index (κ1) is 15.9. The number of hydrogen-bond donors (Lipinski definition) is 2. The second-order valence-corrected chi connectivity index (χ2v) is 5.91. The molecule has 118 valence electrons. The normalized spacial score (nSPS) is 19.6. The van der Waals surface area contributed by atoms with E-state index in [-0.39, 0.29) is 17.7 Å². The Morgan fingerprint density at radius 3 is 2.23 bits per heavy atom. The molecule has 2 atom stereocenters. The van der Waals surface area contributed by atoms with Crippen LogP contribution in [0.15, 0.2) is 24.3 Å².